The van der Waals surface area contributed by atoms with E-state index in [0.717, 1.165) is 43.2 Å². The number of nitrogens with zero attached hydrogens (tertiary/aromatic N) is 2. The van der Waals surface area contributed by atoms with Gasteiger partial charge in [0.05, 0.1) is 10.9 Å². The summed E-state index contributed by atoms with van der Waals surface area (Å²) in [6.07, 6.45) is 0. The number of fused-ring (bicyclic) bond motifs is 3. The second-order valence-corrected chi connectivity index (χ2v) is 5.57. The third-order valence-corrected chi connectivity index (χ3v) is 4.70. The van der Waals surface area contributed by atoms with Gasteiger partial charge in [-0.15, -0.1) is 11.3 Å². The third-order valence-electron chi connectivity index (χ3n) is 3.67. The van der Waals surface area contributed by atoms with E-state index in [-0.39, 0.29) is 6.04 Å². The molecule has 4 heterocycles. The fourth-order valence-corrected chi connectivity index (χ4v) is 3.56. The minimum absolute atomic E-state index is 0.111. The van der Waals surface area contributed by atoms with Crippen LogP contribution >= 0.6 is 11.3 Å². The summed E-state index contributed by atoms with van der Waals surface area (Å²) in [5.41, 5.74) is 1.13. The van der Waals surface area contributed by atoms with Crippen molar-refractivity contribution >= 4 is 17.1 Å². The Morgan fingerprint density at radius 1 is 1.38 bits per heavy atom. The van der Waals surface area contributed by atoms with E-state index in [0.29, 0.717) is 5.78 Å². The van der Waals surface area contributed by atoms with Crippen LogP contribution in [0.1, 0.15) is 15.2 Å². The lowest BCUT2D eigenvalue weighted by atomic mass is 10.0. The molecule has 0 amide bonds. The highest BCUT2D eigenvalue weighted by molar-refractivity contribution is 7.12. The van der Waals surface area contributed by atoms with Crippen LogP contribution in [0.15, 0.2) is 11.4 Å². The average molecular weight is 236 g/mol. The second kappa shape index (κ2) is 3.95. The van der Waals surface area contributed by atoms with Crippen molar-refractivity contribution in [3.8, 4) is 0 Å². The standard InChI is InChI=1S/C12H16N2OS/c1-9-2-7-16-12(9)11(15)10-8-13-3-5-14(10)6-4-13/h2,7,10H,3-6,8H2,1H3. The number of Topliss-reactive ketones (excluding diaryl/α,β-unsaturated/α-hetero) is 1. The second-order valence-electron chi connectivity index (χ2n) is 4.65. The number of hydrogen-bond donors (Lipinski definition) is 0. The van der Waals surface area contributed by atoms with Crippen molar-refractivity contribution in [2.75, 3.05) is 32.7 Å². The molecule has 16 heavy (non-hydrogen) atoms. The van der Waals surface area contributed by atoms with E-state index in [9.17, 15) is 4.79 Å². The minimum Gasteiger partial charge on any atom is -0.299 e. The SMILES string of the molecule is Cc1ccsc1C(=O)C1CN2CCN1CC2. The molecule has 4 rings (SSSR count). The summed E-state index contributed by atoms with van der Waals surface area (Å²) in [7, 11) is 0. The predicted molar refractivity (Wildman–Crippen MR) is 65.2 cm³/mol. The number of piperazine rings is 3. The topological polar surface area (TPSA) is 23.6 Å². The molecule has 3 aliphatic rings. The number of thiophene rings is 1. The van der Waals surface area contributed by atoms with Crippen LogP contribution in [0.4, 0.5) is 0 Å². The summed E-state index contributed by atoms with van der Waals surface area (Å²) < 4.78 is 0. The number of carbonyl (C=O) groups excluding carboxylic acids is 1. The monoisotopic (exact) mass is 236 g/mol. The Labute approximate surface area is 99.7 Å². The molecule has 0 radical (unpaired) electrons. The normalized spacial score (nSPS) is 32.9. The highest BCUT2D eigenvalue weighted by Gasteiger charge is 2.37. The maximum absolute atomic E-state index is 12.4. The van der Waals surface area contributed by atoms with Gasteiger partial charge in [-0.1, -0.05) is 0 Å². The Balaban J connectivity index is 1.83. The van der Waals surface area contributed by atoms with Gasteiger partial charge in [0.25, 0.3) is 0 Å². The minimum atomic E-state index is 0.111. The van der Waals surface area contributed by atoms with Crippen LogP contribution in [0.2, 0.25) is 0 Å². The number of aryl methyl sites for hydroxylation is 1. The van der Waals surface area contributed by atoms with Gasteiger partial charge in [-0.3, -0.25) is 14.6 Å². The zero-order valence-electron chi connectivity index (χ0n) is 9.48. The highest BCUT2D eigenvalue weighted by atomic mass is 32.1. The molecule has 1 aromatic heterocycles. The van der Waals surface area contributed by atoms with E-state index < -0.39 is 0 Å². The van der Waals surface area contributed by atoms with Gasteiger partial charge >= 0.3 is 0 Å². The first-order valence-electron chi connectivity index (χ1n) is 5.80. The molecule has 1 aromatic rings. The number of carbonyl (C=O) groups is 1. The van der Waals surface area contributed by atoms with Crippen LogP contribution in [0.3, 0.4) is 0 Å². The molecule has 1 atom stereocenters. The molecule has 3 aliphatic heterocycles. The lowest BCUT2D eigenvalue weighted by Crippen LogP contribution is -2.63. The van der Waals surface area contributed by atoms with E-state index in [4.69, 9.17) is 0 Å². The largest absolute Gasteiger partial charge is 0.299 e. The quantitative estimate of drug-likeness (QED) is 0.722. The predicted octanol–water partition coefficient (Wildman–Crippen LogP) is 1.24. The highest BCUT2D eigenvalue weighted by Crippen LogP contribution is 2.23. The molecule has 2 bridgehead atoms. The number of rotatable bonds is 2. The van der Waals surface area contributed by atoms with Gasteiger partial charge in [0.15, 0.2) is 5.78 Å². The van der Waals surface area contributed by atoms with Crippen molar-refractivity contribution in [3.05, 3.63) is 21.9 Å². The molecule has 3 fully saturated rings. The first-order valence-corrected chi connectivity index (χ1v) is 6.68. The molecule has 86 valence electrons. The van der Waals surface area contributed by atoms with Crippen molar-refractivity contribution in [2.45, 2.75) is 13.0 Å². The fourth-order valence-electron chi connectivity index (χ4n) is 2.64. The number of ketones is 1. The van der Waals surface area contributed by atoms with Crippen molar-refractivity contribution < 1.29 is 4.79 Å². The summed E-state index contributed by atoms with van der Waals surface area (Å²) in [6, 6.07) is 2.15. The first-order chi connectivity index (χ1) is 7.75. The number of hydrogen-bond acceptors (Lipinski definition) is 4. The smallest absolute Gasteiger partial charge is 0.191 e. The Morgan fingerprint density at radius 2 is 2.12 bits per heavy atom. The van der Waals surface area contributed by atoms with Gasteiger partial charge in [-0.2, -0.15) is 0 Å². The van der Waals surface area contributed by atoms with Crippen LogP contribution in [0, 0.1) is 6.92 Å². The van der Waals surface area contributed by atoms with Crippen LogP contribution < -0.4 is 0 Å². The molecule has 0 aliphatic carbocycles. The summed E-state index contributed by atoms with van der Waals surface area (Å²) >= 11 is 1.58. The van der Waals surface area contributed by atoms with Crippen molar-refractivity contribution in [3.63, 3.8) is 0 Å². The van der Waals surface area contributed by atoms with Gasteiger partial charge in [0.2, 0.25) is 0 Å². The molecule has 0 aromatic carbocycles. The Bertz CT molecular complexity index is 407. The van der Waals surface area contributed by atoms with E-state index in [1.807, 2.05) is 18.4 Å². The third kappa shape index (κ3) is 1.61. The molecular weight excluding hydrogens is 220 g/mol. The maximum atomic E-state index is 12.4. The van der Waals surface area contributed by atoms with Crippen LogP contribution in [-0.4, -0.2) is 54.3 Å². The Hall–Kier alpha value is -0.710. The van der Waals surface area contributed by atoms with Crippen molar-refractivity contribution in [1.29, 1.82) is 0 Å². The fraction of sp³-hybridized carbons (Fsp3) is 0.583. The van der Waals surface area contributed by atoms with Gasteiger partial charge in [0.1, 0.15) is 0 Å². The summed E-state index contributed by atoms with van der Waals surface area (Å²) in [6.45, 7) is 7.33. The lowest BCUT2D eigenvalue weighted by molar-refractivity contribution is 0.0161. The molecular formula is C12H16N2OS. The zero-order valence-corrected chi connectivity index (χ0v) is 10.3. The summed E-state index contributed by atoms with van der Waals surface area (Å²) in [5.74, 6) is 0.330. The van der Waals surface area contributed by atoms with Crippen LogP contribution in [0.25, 0.3) is 0 Å². The van der Waals surface area contributed by atoms with E-state index in [2.05, 4.69) is 9.80 Å². The Kier molecular flexibility index (Phi) is 2.58. The van der Waals surface area contributed by atoms with Crippen molar-refractivity contribution in [1.82, 2.24) is 9.80 Å². The maximum Gasteiger partial charge on any atom is 0.191 e. The molecule has 0 saturated carbocycles. The van der Waals surface area contributed by atoms with Gasteiger partial charge < -0.3 is 0 Å². The Morgan fingerprint density at radius 3 is 2.62 bits per heavy atom. The van der Waals surface area contributed by atoms with E-state index in [1.165, 1.54) is 0 Å². The van der Waals surface area contributed by atoms with E-state index >= 15 is 0 Å². The van der Waals surface area contributed by atoms with Gasteiger partial charge in [-0.05, 0) is 23.9 Å². The van der Waals surface area contributed by atoms with Crippen LogP contribution in [-0.2, 0) is 0 Å². The first kappa shape index (κ1) is 10.4. The zero-order chi connectivity index (χ0) is 11.1. The molecule has 0 spiro atoms. The average Bonchev–Trinajstić information content (AvgIpc) is 2.76. The molecule has 0 N–H and O–H groups in total. The van der Waals surface area contributed by atoms with Gasteiger partial charge in [0, 0.05) is 32.7 Å². The summed E-state index contributed by atoms with van der Waals surface area (Å²) in [5, 5.41) is 2.01. The van der Waals surface area contributed by atoms with E-state index in [1.54, 1.807) is 11.3 Å². The van der Waals surface area contributed by atoms with Gasteiger partial charge in [-0.25, -0.2) is 0 Å². The molecule has 3 saturated heterocycles. The molecule has 4 heteroatoms. The van der Waals surface area contributed by atoms with Crippen molar-refractivity contribution in [2.24, 2.45) is 0 Å². The van der Waals surface area contributed by atoms with Crippen LogP contribution in [0.5, 0.6) is 0 Å². The summed E-state index contributed by atoms with van der Waals surface area (Å²) in [4.78, 5) is 18.1. The lowest BCUT2D eigenvalue weighted by Gasteiger charge is -2.46. The molecule has 1 unspecified atom stereocenters. The molecule has 3 nitrogen and oxygen atoms in total.